The molecule has 0 aliphatic carbocycles. The third-order valence-corrected chi connectivity index (χ3v) is 2.82. The van der Waals surface area contributed by atoms with Crippen LogP contribution in [0.1, 0.15) is 48.4 Å². The zero-order chi connectivity index (χ0) is 13.7. The Balaban J connectivity index is 3.12. The van der Waals surface area contributed by atoms with Gasteiger partial charge in [0.1, 0.15) is 5.76 Å². The second kappa shape index (κ2) is 6.38. The van der Waals surface area contributed by atoms with Gasteiger partial charge in [-0.25, -0.2) is 4.79 Å². The molecule has 0 bridgehead atoms. The maximum atomic E-state index is 12.4. The lowest BCUT2D eigenvalue weighted by atomic mass is 10.1. The van der Waals surface area contributed by atoms with Crippen molar-refractivity contribution >= 4 is 5.91 Å². The summed E-state index contributed by atoms with van der Waals surface area (Å²) in [5.74, 6) is 0.361. The summed E-state index contributed by atoms with van der Waals surface area (Å²) >= 11 is 0. The highest BCUT2D eigenvalue weighted by Gasteiger charge is 2.20. The summed E-state index contributed by atoms with van der Waals surface area (Å²) in [6.45, 7) is 8.97. The zero-order valence-electron chi connectivity index (χ0n) is 11.6. The molecule has 0 aliphatic rings. The predicted molar refractivity (Wildman–Crippen MR) is 70.9 cm³/mol. The van der Waals surface area contributed by atoms with Crippen molar-refractivity contribution in [3.05, 3.63) is 33.4 Å². The first kappa shape index (κ1) is 14.5. The molecule has 100 valence electrons. The van der Waals surface area contributed by atoms with Crippen LogP contribution in [-0.2, 0) is 0 Å². The Morgan fingerprint density at radius 3 is 2.22 bits per heavy atom. The van der Waals surface area contributed by atoms with Crippen molar-refractivity contribution in [2.45, 2.75) is 40.5 Å². The highest BCUT2D eigenvalue weighted by molar-refractivity contribution is 5.96. The molecule has 0 aromatic carbocycles. The molecule has 0 radical (unpaired) electrons. The molecule has 0 saturated carbocycles. The van der Waals surface area contributed by atoms with Gasteiger partial charge < -0.3 is 9.32 Å². The molecule has 4 nitrogen and oxygen atoms in total. The Morgan fingerprint density at radius 1 is 1.22 bits per heavy atom. The van der Waals surface area contributed by atoms with Crippen LogP contribution in [0.5, 0.6) is 0 Å². The van der Waals surface area contributed by atoms with Gasteiger partial charge in [-0.15, -0.1) is 0 Å². The minimum atomic E-state index is -0.404. The fourth-order valence-electron chi connectivity index (χ4n) is 2.09. The highest BCUT2D eigenvalue weighted by Crippen LogP contribution is 2.14. The van der Waals surface area contributed by atoms with Crippen molar-refractivity contribution in [2.75, 3.05) is 13.1 Å². The van der Waals surface area contributed by atoms with E-state index in [1.807, 2.05) is 18.7 Å². The van der Waals surface area contributed by atoms with Crippen LogP contribution in [0.2, 0.25) is 0 Å². The molecule has 1 rings (SSSR count). The lowest BCUT2D eigenvalue weighted by Gasteiger charge is -2.22. The van der Waals surface area contributed by atoms with Gasteiger partial charge in [0.25, 0.3) is 5.91 Å². The van der Waals surface area contributed by atoms with Crippen LogP contribution in [0, 0.1) is 13.8 Å². The molecule has 1 heterocycles. The van der Waals surface area contributed by atoms with E-state index in [9.17, 15) is 9.59 Å². The molecule has 0 N–H and O–H groups in total. The first-order valence-corrected chi connectivity index (χ1v) is 6.41. The molecule has 0 unspecified atom stereocenters. The minimum Gasteiger partial charge on any atom is -0.427 e. The van der Waals surface area contributed by atoms with E-state index in [-0.39, 0.29) is 5.91 Å². The van der Waals surface area contributed by atoms with E-state index in [1.54, 1.807) is 13.8 Å². The largest absolute Gasteiger partial charge is 0.427 e. The third-order valence-electron chi connectivity index (χ3n) is 2.82. The lowest BCUT2D eigenvalue weighted by Crippen LogP contribution is -2.33. The lowest BCUT2D eigenvalue weighted by molar-refractivity contribution is 0.0750. The standard InChI is InChI=1S/C14H21NO3/c1-5-7-15(8-6-2)14(17)13-10(3)9-12(16)18-11(13)4/h9H,5-8H2,1-4H3. The summed E-state index contributed by atoms with van der Waals surface area (Å²) in [7, 11) is 0. The fourth-order valence-corrected chi connectivity index (χ4v) is 2.09. The second-order valence-corrected chi connectivity index (χ2v) is 4.47. The number of amides is 1. The van der Waals surface area contributed by atoms with Gasteiger partial charge in [0.2, 0.25) is 0 Å². The summed E-state index contributed by atoms with van der Waals surface area (Å²) in [6.07, 6.45) is 1.83. The van der Waals surface area contributed by atoms with E-state index in [4.69, 9.17) is 4.42 Å². The quantitative estimate of drug-likeness (QED) is 0.808. The van der Waals surface area contributed by atoms with Gasteiger partial charge in [-0.1, -0.05) is 13.8 Å². The normalized spacial score (nSPS) is 10.4. The number of hydrogen-bond donors (Lipinski definition) is 0. The molecule has 4 heteroatoms. The number of aryl methyl sites for hydroxylation is 2. The number of carbonyl (C=O) groups is 1. The average molecular weight is 251 g/mol. The van der Waals surface area contributed by atoms with Crippen LogP contribution < -0.4 is 5.63 Å². The van der Waals surface area contributed by atoms with Crippen molar-refractivity contribution in [3.8, 4) is 0 Å². The van der Waals surface area contributed by atoms with Gasteiger partial charge in [0.05, 0.1) is 5.56 Å². The molecule has 1 aromatic heterocycles. The molecule has 0 fully saturated rings. The summed E-state index contributed by atoms with van der Waals surface area (Å²) in [4.78, 5) is 25.5. The maximum absolute atomic E-state index is 12.4. The molecule has 0 atom stereocenters. The number of carbonyl (C=O) groups excluding carboxylic acids is 1. The van der Waals surface area contributed by atoms with Crippen LogP contribution >= 0.6 is 0 Å². The Morgan fingerprint density at radius 2 is 1.78 bits per heavy atom. The van der Waals surface area contributed by atoms with Gasteiger partial charge in [-0.2, -0.15) is 0 Å². The van der Waals surface area contributed by atoms with E-state index in [0.29, 0.717) is 16.9 Å². The Hall–Kier alpha value is -1.58. The summed E-state index contributed by atoms with van der Waals surface area (Å²) in [5, 5.41) is 0. The van der Waals surface area contributed by atoms with Gasteiger partial charge in [-0.05, 0) is 32.3 Å². The van der Waals surface area contributed by atoms with Crippen LogP contribution in [0.4, 0.5) is 0 Å². The summed E-state index contributed by atoms with van der Waals surface area (Å²) in [6, 6.07) is 1.37. The van der Waals surface area contributed by atoms with Crippen LogP contribution in [0.3, 0.4) is 0 Å². The molecule has 1 aromatic rings. The SMILES string of the molecule is CCCN(CCC)C(=O)c1c(C)cc(=O)oc1C. The average Bonchev–Trinajstić information content (AvgIpc) is 2.27. The molecule has 0 saturated heterocycles. The maximum Gasteiger partial charge on any atom is 0.336 e. The van der Waals surface area contributed by atoms with Gasteiger partial charge >= 0.3 is 5.63 Å². The first-order valence-electron chi connectivity index (χ1n) is 6.41. The molecular formula is C14H21NO3. The Bertz CT molecular complexity index is 444. The van der Waals surface area contributed by atoms with Crippen molar-refractivity contribution in [1.29, 1.82) is 0 Å². The minimum absolute atomic E-state index is 0.0440. The van der Waals surface area contributed by atoms with Crippen LogP contribution in [-0.4, -0.2) is 23.9 Å². The highest BCUT2D eigenvalue weighted by atomic mass is 16.4. The van der Waals surface area contributed by atoms with E-state index in [2.05, 4.69) is 0 Å². The molecular weight excluding hydrogens is 230 g/mol. The van der Waals surface area contributed by atoms with E-state index in [1.165, 1.54) is 6.07 Å². The molecule has 0 aliphatic heterocycles. The van der Waals surface area contributed by atoms with E-state index >= 15 is 0 Å². The number of nitrogens with zero attached hydrogens (tertiary/aromatic N) is 1. The monoisotopic (exact) mass is 251 g/mol. The third kappa shape index (κ3) is 3.22. The van der Waals surface area contributed by atoms with Crippen molar-refractivity contribution < 1.29 is 9.21 Å². The number of rotatable bonds is 5. The second-order valence-electron chi connectivity index (χ2n) is 4.47. The van der Waals surface area contributed by atoms with Gasteiger partial charge in [-0.3, -0.25) is 4.79 Å². The van der Waals surface area contributed by atoms with Gasteiger partial charge in [0.15, 0.2) is 0 Å². The fraction of sp³-hybridized carbons (Fsp3) is 0.571. The topological polar surface area (TPSA) is 50.5 Å². The van der Waals surface area contributed by atoms with Crippen molar-refractivity contribution in [3.63, 3.8) is 0 Å². The molecule has 18 heavy (non-hydrogen) atoms. The molecule has 1 amide bonds. The zero-order valence-corrected chi connectivity index (χ0v) is 11.6. The Kier molecular flexibility index (Phi) is 5.13. The summed E-state index contributed by atoms with van der Waals surface area (Å²) < 4.78 is 5.01. The molecule has 0 spiro atoms. The van der Waals surface area contributed by atoms with Crippen molar-refractivity contribution in [2.24, 2.45) is 0 Å². The first-order chi connectivity index (χ1) is 8.51. The van der Waals surface area contributed by atoms with E-state index in [0.717, 1.165) is 25.9 Å². The van der Waals surface area contributed by atoms with Crippen LogP contribution in [0.15, 0.2) is 15.3 Å². The van der Waals surface area contributed by atoms with E-state index < -0.39 is 5.63 Å². The van der Waals surface area contributed by atoms with Gasteiger partial charge in [0, 0.05) is 19.2 Å². The predicted octanol–water partition coefficient (Wildman–Crippen LogP) is 2.52. The number of hydrogen-bond acceptors (Lipinski definition) is 3. The smallest absolute Gasteiger partial charge is 0.336 e. The van der Waals surface area contributed by atoms with Crippen LogP contribution in [0.25, 0.3) is 0 Å². The summed E-state index contributed by atoms with van der Waals surface area (Å²) in [5.41, 5.74) is 0.807. The van der Waals surface area contributed by atoms with Crippen molar-refractivity contribution in [1.82, 2.24) is 4.90 Å². The Labute approximate surface area is 108 Å².